The lowest BCUT2D eigenvalue weighted by Gasteiger charge is -2.32. The highest BCUT2D eigenvalue weighted by atomic mass is 16.6. The summed E-state index contributed by atoms with van der Waals surface area (Å²) in [5, 5.41) is 0. The highest BCUT2D eigenvalue weighted by Gasteiger charge is 2.37. The predicted molar refractivity (Wildman–Crippen MR) is 83.8 cm³/mol. The van der Waals surface area contributed by atoms with Gasteiger partial charge in [0.05, 0.1) is 13.2 Å². The summed E-state index contributed by atoms with van der Waals surface area (Å²) in [4.78, 5) is 28.3. The number of nitrogens with zero attached hydrogens (tertiary/aromatic N) is 2. The summed E-state index contributed by atoms with van der Waals surface area (Å²) in [7, 11) is 0. The van der Waals surface area contributed by atoms with Crippen LogP contribution in [0.25, 0.3) is 0 Å². The number of likely N-dealkylation sites (tertiary alicyclic amines) is 1. The van der Waals surface area contributed by atoms with Gasteiger partial charge in [-0.25, -0.2) is 4.79 Å². The van der Waals surface area contributed by atoms with Gasteiger partial charge in [-0.15, -0.1) is 0 Å². The smallest absolute Gasteiger partial charge is 0.410 e. The number of rotatable bonds is 3. The Bertz CT molecular complexity index is 543. The fraction of sp³-hybridized carbons (Fsp3) is 0.529. The Morgan fingerprint density at radius 1 is 1.13 bits per heavy atom. The molecule has 124 valence electrons. The van der Waals surface area contributed by atoms with Gasteiger partial charge in [0.1, 0.15) is 12.6 Å². The number of ether oxygens (including phenoxy) is 2. The van der Waals surface area contributed by atoms with Gasteiger partial charge in [-0.05, 0) is 18.4 Å². The first-order valence-electron chi connectivity index (χ1n) is 8.09. The molecule has 2 fully saturated rings. The molecule has 0 bridgehead atoms. The topological polar surface area (TPSA) is 59.1 Å². The van der Waals surface area contributed by atoms with Crippen LogP contribution in [0.1, 0.15) is 18.4 Å². The average Bonchev–Trinajstić information content (AvgIpc) is 3.10. The van der Waals surface area contributed by atoms with Gasteiger partial charge < -0.3 is 14.4 Å². The minimum absolute atomic E-state index is 0.0162. The quantitative estimate of drug-likeness (QED) is 0.850. The van der Waals surface area contributed by atoms with Crippen LogP contribution in [-0.4, -0.2) is 60.7 Å². The fourth-order valence-electron chi connectivity index (χ4n) is 3.04. The molecule has 6 heteroatoms. The predicted octanol–water partition coefficient (Wildman–Crippen LogP) is 1.65. The van der Waals surface area contributed by atoms with Crippen LogP contribution in [-0.2, 0) is 20.9 Å². The van der Waals surface area contributed by atoms with Gasteiger partial charge in [0.25, 0.3) is 0 Å². The molecular weight excluding hydrogens is 296 g/mol. The molecule has 23 heavy (non-hydrogen) atoms. The lowest BCUT2D eigenvalue weighted by Crippen LogP contribution is -2.51. The van der Waals surface area contributed by atoms with E-state index >= 15 is 0 Å². The molecular formula is C17H22N2O4. The molecule has 2 aliphatic rings. The molecule has 0 saturated carbocycles. The van der Waals surface area contributed by atoms with Crippen molar-refractivity contribution in [2.75, 3.05) is 32.8 Å². The molecule has 0 unspecified atom stereocenters. The lowest BCUT2D eigenvalue weighted by molar-refractivity contribution is -0.139. The zero-order chi connectivity index (χ0) is 16.1. The summed E-state index contributed by atoms with van der Waals surface area (Å²) in [6, 6.07) is 9.16. The Kier molecular flexibility index (Phi) is 5.12. The van der Waals surface area contributed by atoms with E-state index in [0.717, 1.165) is 12.0 Å². The molecule has 6 nitrogen and oxygen atoms in total. The van der Waals surface area contributed by atoms with Crippen molar-refractivity contribution in [2.24, 2.45) is 0 Å². The second kappa shape index (κ2) is 7.46. The molecule has 2 amide bonds. The van der Waals surface area contributed by atoms with Crippen molar-refractivity contribution >= 4 is 12.0 Å². The van der Waals surface area contributed by atoms with Crippen LogP contribution >= 0.6 is 0 Å². The Labute approximate surface area is 136 Å². The molecule has 0 aromatic heterocycles. The summed E-state index contributed by atoms with van der Waals surface area (Å²) in [6.45, 7) is 3.14. The standard InChI is InChI=1S/C17H22N2O4/c20-16(18-9-11-22-12-10-18)15-7-4-8-19(15)17(21)23-13-14-5-2-1-3-6-14/h1-3,5-6,15H,4,7-13H2/t15-/m1/s1. The summed E-state index contributed by atoms with van der Waals surface area (Å²) in [6.07, 6.45) is 1.13. The zero-order valence-electron chi connectivity index (χ0n) is 13.1. The molecule has 0 radical (unpaired) electrons. The van der Waals surface area contributed by atoms with E-state index < -0.39 is 12.1 Å². The largest absolute Gasteiger partial charge is 0.445 e. The highest BCUT2D eigenvalue weighted by molar-refractivity contribution is 5.86. The van der Waals surface area contributed by atoms with Gasteiger partial charge in [-0.1, -0.05) is 30.3 Å². The van der Waals surface area contributed by atoms with E-state index in [1.54, 1.807) is 9.80 Å². The van der Waals surface area contributed by atoms with Gasteiger partial charge in [-0.3, -0.25) is 9.69 Å². The Morgan fingerprint density at radius 3 is 2.61 bits per heavy atom. The molecule has 1 atom stereocenters. The van der Waals surface area contributed by atoms with Crippen molar-refractivity contribution in [1.82, 2.24) is 9.80 Å². The third kappa shape index (κ3) is 3.82. The number of hydrogen-bond donors (Lipinski definition) is 0. The van der Waals surface area contributed by atoms with Gasteiger partial charge >= 0.3 is 6.09 Å². The molecule has 1 aromatic rings. The lowest BCUT2D eigenvalue weighted by atomic mass is 10.2. The number of amides is 2. The number of carbonyl (C=O) groups excluding carboxylic acids is 2. The van der Waals surface area contributed by atoms with Gasteiger partial charge in [0.15, 0.2) is 0 Å². The van der Waals surface area contributed by atoms with E-state index in [4.69, 9.17) is 9.47 Å². The Balaban J connectivity index is 1.57. The average molecular weight is 318 g/mol. The number of morpholine rings is 1. The van der Waals surface area contributed by atoms with E-state index in [9.17, 15) is 9.59 Å². The van der Waals surface area contributed by atoms with Crippen LogP contribution in [0, 0.1) is 0 Å². The first-order valence-corrected chi connectivity index (χ1v) is 8.09. The second-order valence-corrected chi connectivity index (χ2v) is 5.83. The summed E-state index contributed by atoms with van der Waals surface area (Å²) in [5.74, 6) is 0.0162. The maximum atomic E-state index is 12.6. The zero-order valence-corrected chi connectivity index (χ0v) is 13.1. The molecule has 2 heterocycles. The van der Waals surface area contributed by atoms with E-state index in [2.05, 4.69) is 0 Å². The minimum atomic E-state index is -0.405. The molecule has 2 aliphatic heterocycles. The van der Waals surface area contributed by atoms with Crippen LogP contribution in [0.15, 0.2) is 30.3 Å². The van der Waals surface area contributed by atoms with Crippen molar-refractivity contribution in [3.63, 3.8) is 0 Å². The van der Waals surface area contributed by atoms with Crippen LogP contribution in [0.3, 0.4) is 0 Å². The Hall–Kier alpha value is -2.08. The monoisotopic (exact) mass is 318 g/mol. The molecule has 2 saturated heterocycles. The van der Waals surface area contributed by atoms with Crippen molar-refractivity contribution < 1.29 is 19.1 Å². The number of hydrogen-bond acceptors (Lipinski definition) is 4. The van der Waals surface area contributed by atoms with Crippen LogP contribution in [0.2, 0.25) is 0 Å². The first kappa shape index (κ1) is 15.8. The summed E-state index contributed by atoms with van der Waals surface area (Å²) >= 11 is 0. The van der Waals surface area contributed by atoms with Crippen molar-refractivity contribution in [3.05, 3.63) is 35.9 Å². The van der Waals surface area contributed by atoms with E-state index in [0.29, 0.717) is 39.3 Å². The third-order valence-corrected chi connectivity index (χ3v) is 4.30. The van der Waals surface area contributed by atoms with Crippen LogP contribution < -0.4 is 0 Å². The summed E-state index contributed by atoms with van der Waals surface area (Å²) < 4.78 is 10.6. The van der Waals surface area contributed by atoms with Gasteiger partial charge in [0, 0.05) is 19.6 Å². The second-order valence-electron chi connectivity index (χ2n) is 5.83. The van der Waals surface area contributed by atoms with Crippen molar-refractivity contribution in [3.8, 4) is 0 Å². The SMILES string of the molecule is O=C([C@H]1CCCN1C(=O)OCc1ccccc1)N1CCOCC1. The first-order chi connectivity index (χ1) is 11.3. The maximum Gasteiger partial charge on any atom is 0.410 e. The van der Waals surface area contributed by atoms with Gasteiger partial charge in [0.2, 0.25) is 5.91 Å². The van der Waals surface area contributed by atoms with Crippen LogP contribution in [0.4, 0.5) is 4.79 Å². The number of carbonyl (C=O) groups is 2. The molecule has 0 aliphatic carbocycles. The number of benzene rings is 1. The van der Waals surface area contributed by atoms with Crippen LogP contribution in [0.5, 0.6) is 0 Å². The van der Waals surface area contributed by atoms with E-state index in [-0.39, 0.29) is 12.5 Å². The molecule has 1 aromatic carbocycles. The molecule has 3 rings (SSSR count). The fourth-order valence-corrected chi connectivity index (χ4v) is 3.04. The van der Waals surface area contributed by atoms with E-state index in [1.165, 1.54) is 0 Å². The molecule has 0 spiro atoms. The van der Waals surface area contributed by atoms with Gasteiger partial charge in [-0.2, -0.15) is 0 Å². The minimum Gasteiger partial charge on any atom is -0.445 e. The Morgan fingerprint density at radius 2 is 1.87 bits per heavy atom. The third-order valence-electron chi connectivity index (χ3n) is 4.30. The van der Waals surface area contributed by atoms with Crippen molar-refractivity contribution in [1.29, 1.82) is 0 Å². The summed E-state index contributed by atoms with van der Waals surface area (Å²) in [5.41, 5.74) is 0.941. The van der Waals surface area contributed by atoms with E-state index in [1.807, 2.05) is 30.3 Å². The molecule has 0 N–H and O–H groups in total. The highest BCUT2D eigenvalue weighted by Crippen LogP contribution is 2.21. The maximum absolute atomic E-state index is 12.6. The normalized spacial score (nSPS) is 21.3. The van der Waals surface area contributed by atoms with Crippen molar-refractivity contribution in [2.45, 2.75) is 25.5 Å².